The molecule has 0 saturated heterocycles. The van der Waals surface area contributed by atoms with Crippen molar-refractivity contribution in [3.63, 3.8) is 0 Å². The Labute approximate surface area is 87.5 Å². The molecule has 0 amide bonds. The summed E-state index contributed by atoms with van der Waals surface area (Å²) < 4.78 is 1.44. The third-order valence-electron chi connectivity index (χ3n) is 2.27. The first-order chi connectivity index (χ1) is 6.20. The number of rotatable bonds is 1. The fourth-order valence-corrected chi connectivity index (χ4v) is 1.70. The summed E-state index contributed by atoms with van der Waals surface area (Å²) in [6.07, 6.45) is 0.816. The van der Waals surface area contributed by atoms with Crippen LogP contribution in [-0.2, 0) is 20.0 Å². The number of hydrogen-bond acceptors (Lipinski definition) is 3. The second-order valence-corrected chi connectivity index (χ2v) is 3.13. The molecule has 1 aromatic rings. The molecule has 0 spiro atoms. The van der Waals surface area contributed by atoms with Gasteiger partial charge in [0.05, 0.1) is 5.69 Å². The van der Waals surface area contributed by atoms with Crippen LogP contribution in [0.1, 0.15) is 21.7 Å². The quantitative estimate of drug-likeness (QED) is 0.705. The standard InChI is InChI=1S/C8H11N3O2.ClH/c1-11-7(8(12)13)5-4-9-3-2-6(5)10-11;/h9H,2-4H2,1H3,(H,12,13);1H. The lowest BCUT2D eigenvalue weighted by Gasteiger charge is -2.11. The van der Waals surface area contributed by atoms with Crippen molar-refractivity contribution in [3.8, 4) is 0 Å². The molecule has 0 saturated carbocycles. The van der Waals surface area contributed by atoms with Crippen LogP contribution in [0.15, 0.2) is 0 Å². The third-order valence-corrected chi connectivity index (χ3v) is 2.27. The van der Waals surface area contributed by atoms with Crippen molar-refractivity contribution < 1.29 is 9.90 Å². The van der Waals surface area contributed by atoms with E-state index in [0.717, 1.165) is 24.2 Å². The van der Waals surface area contributed by atoms with Crippen LogP contribution < -0.4 is 5.32 Å². The van der Waals surface area contributed by atoms with Gasteiger partial charge in [0.25, 0.3) is 0 Å². The molecule has 2 heterocycles. The van der Waals surface area contributed by atoms with Crippen molar-refractivity contribution in [2.45, 2.75) is 13.0 Å². The molecule has 0 fully saturated rings. The van der Waals surface area contributed by atoms with Gasteiger partial charge in [0.15, 0.2) is 5.69 Å². The van der Waals surface area contributed by atoms with Crippen LogP contribution in [0.5, 0.6) is 0 Å². The molecule has 6 heteroatoms. The zero-order valence-electron chi connectivity index (χ0n) is 7.78. The molecule has 78 valence electrons. The molecular weight excluding hydrogens is 206 g/mol. The minimum atomic E-state index is -0.903. The van der Waals surface area contributed by atoms with Gasteiger partial charge in [-0.3, -0.25) is 4.68 Å². The van der Waals surface area contributed by atoms with Crippen molar-refractivity contribution in [2.75, 3.05) is 6.54 Å². The van der Waals surface area contributed by atoms with Crippen LogP contribution in [0.2, 0.25) is 0 Å². The van der Waals surface area contributed by atoms with E-state index >= 15 is 0 Å². The normalized spacial score (nSPS) is 14.4. The maximum Gasteiger partial charge on any atom is 0.354 e. The molecule has 0 atom stereocenters. The van der Waals surface area contributed by atoms with Crippen LogP contribution in [-0.4, -0.2) is 27.4 Å². The summed E-state index contributed by atoms with van der Waals surface area (Å²) in [5.41, 5.74) is 2.06. The number of aryl methyl sites for hydroxylation is 1. The highest BCUT2D eigenvalue weighted by atomic mass is 35.5. The highest BCUT2D eigenvalue weighted by Gasteiger charge is 2.22. The number of carboxylic acid groups (broad SMARTS) is 1. The second kappa shape index (κ2) is 3.98. The Morgan fingerprint density at radius 1 is 1.64 bits per heavy atom. The van der Waals surface area contributed by atoms with E-state index in [9.17, 15) is 4.79 Å². The number of fused-ring (bicyclic) bond motifs is 1. The summed E-state index contributed by atoms with van der Waals surface area (Å²) in [5.74, 6) is -0.903. The van der Waals surface area contributed by atoms with Gasteiger partial charge in [0.2, 0.25) is 0 Å². The van der Waals surface area contributed by atoms with Gasteiger partial charge < -0.3 is 10.4 Å². The number of nitrogens with one attached hydrogen (secondary N) is 1. The lowest BCUT2D eigenvalue weighted by molar-refractivity contribution is 0.0683. The number of halogens is 1. The van der Waals surface area contributed by atoms with Gasteiger partial charge >= 0.3 is 5.97 Å². The molecular formula is C8H12ClN3O2. The van der Waals surface area contributed by atoms with E-state index in [1.165, 1.54) is 4.68 Å². The van der Waals surface area contributed by atoms with Gasteiger partial charge in [-0.15, -0.1) is 12.4 Å². The Morgan fingerprint density at radius 3 is 3.00 bits per heavy atom. The summed E-state index contributed by atoms with van der Waals surface area (Å²) in [4.78, 5) is 10.9. The van der Waals surface area contributed by atoms with Crippen molar-refractivity contribution in [1.82, 2.24) is 15.1 Å². The zero-order chi connectivity index (χ0) is 9.42. The largest absolute Gasteiger partial charge is 0.477 e. The molecule has 1 aliphatic heterocycles. The average Bonchev–Trinajstić information content (AvgIpc) is 2.39. The fourth-order valence-electron chi connectivity index (χ4n) is 1.70. The Morgan fingerprint density at radius 2 is 2.36 bits per heavy atom. The number of aromatic carboxylic acids is 1. The zero-order valence-corrected chi connectivity index (χ0v) is 8.60. The van der Waals surface area contributed by atoms with E-state index in [0.29, 0.717) is 12.2 Å². The molecule has 1 aliphatic rings. The highest BCUT2D eigenvalue weighted by Crippen LogP contribution is 2.16. The predicted molar refractivity (Wildman–Crippen MR) is 52.8 cm³/mol. The number of hydrogen-bond donors (Lipinski definition) is 2. The van der Waals surface area contributed by atoms with E-state index in [1.807, 2.05) is 0 Å². The number of aromatic nitrogens is 2. The van der Waals surface area contributed by atoms with Crippen LogP contribution in [0.4, 0.5) is 0 Å². The fraction of sp³-hybridized carbons (Fsp3) is 0.500. The van der Waals surface area contributed by atoms with E-state index in [-0.39, 0.29) is 12.4 Å². The number of carboxylic acids is 1. The van der Waals surface area contributed by atoms with Crippen LogP contribution in [0.25, 0.3) is 0 Å². The maximum absolute atomic E-state index is 10.9. The first kappa shape index (κ1) is 11.0. The molecule has 0 aliphatic carbocycles. The summed E-state index contributed by atoms with van der Waals surface area (Å²) in [6.45, 7) is 1.49. The topological polar surface area (TPSA) is 67.2 Å². The van der Waals surface area contributed by atoms with Crippen LogP contribution in [0, 0.1) is 0 Å². The number of carbonyl (C=O) groups is 1. The van der Waals surface area contributed by atoms with Gasteiger partial charge in [-0.05, 0) is 0 Å². The van der Waals surface area contributed by atoms with Gasteiger partial charge in [0.1, 0.15) is 0 Å². The van der Waals surface area contributed by atoms with E-state index < -0.39 is 5.97 Å². The van der Waals surface area contributed by atoms with E-state index in [1.54, 1.807) is 7.05 Å². The second-order valence-electron chi connectivity index (χ2n) is 3.13. The summed E-state index contributed by atoms with van der Waals surface area (Å²) in [5, 5.41) is 16.2. The van der Waals surface area contributed by atoms with Crippen LogP contribution in [0.3, 0.4) is 0 Å². The highest BCUT2D eigenvalue weighted by molar-refractivity contribution is 5.87. The van der Waals surface area contributed by atoms with Gasteiger partial charge in [-0.1, -0.05) is 0 Å². The Bertz CT molecular complexity index is 362. The summed E-state index contributed by atoms with van der Waals surface area (Å²) in [6, 6.07) is 0. The molecule has 14 heavy (non-hydrogen) atoms. The van der Waals surface area contributed by atoms with Crippen molar-refractivity contribution in [2.24, 2.45) is 7.05 Å². The molecule has 0 bridgehead atoms. The molecule has 0 unspecified atom stereocenters. The van der Waals surface area contributed by atoms with Gasteiger partial charge in [-0.25, -0.2) is 4.79 Å². The van der Waals surface area contributed by atoms with Crippen molar-refractivity contribution in [3.05, 3.63) is 17.0 Å². The van der Waals surface area contributed by atoms with Crippen LogP contribution >= 0.6 is 12.4 Å². The Balaban J connectivity index is 0.000000980. The Hall–Kier alpha value is -1.07. The van der Waals surface area contributed by atoms with Crippen molar-refractivity contribution >= 4 is 18.4 Å². The van der Waals surface area contributed by atoms with Gasteiger partial charge in [-0.2, -0.15) is 5.10 Å². The predicted octanol–water partition coefficient (Wildman–Crippen LogP) is 0.186. The third kappa shape index (κ3) is 1.60. The lowest BCUT2D eigenvalue weighted by Crippen LogP contribution is -2.24. The molecule has 0 radical (unpaired) electrons. The van der Waals surface area contributed by atoms with Gasteiger partial charge in [0, 0.05) is 32.1 Å². The molecule has 2 rings (SSSR count). The first-order valence-corrected chi connectivity index (χ1v) is 4.19. The minimum Gasteiger partial charge on any atom is -0.477 e. The SMILES string of the molecule is Cl.Cn1nc2c(c1C(=O)O)CNCC2. The minimum absolute atomic E-state index is 0. The molecule has 0 aromatic carbocycles. The summed E-state index contributed by atoms with van der Waals surface area (Å²) in [7, 11) is 1.67. The van der Waals surface area contributed by atoms with E-state index in [2.05, 4.69) is 10.4 Å². The Kier molecular flexibility index (Phi) is 3.13. The lowest BCUT2D eigenvalue weighted by atomic mass is 10.1. The molecule has 5 nitrogen and oxygen atoms in total. The first-order valence-electron chi connectivity index (χ1n) is 4.19. The summed E-state index contributed by atoms with van der Waals surface area (Å²) >= 11 is 0. The molecule has 2 N–H and O–H groups in total. The van der Waals surface area contributed by atoms with Crippen molar-refractivity contribution in [1.29, 1.82) is 0 Å². The average molecular weight is 218 g/mol. The number of nitrogens with zero attached hydrogens (tertiary/aromatic N) is 2. The smallest absolute Gasteiger partial charge is 0.354 e. The monoisotopic (exact) mass is 217 g/mol. The van der Waals surface area contributed by atoms with E-state index in [4.69, 9.17) is 5.11 Å². The maximum atomic E-state index is 10.9. The molecule has 1 aromatic heterocycles.